The smallest absolute Gasteiger partial charge is 0.123 e. The first-order valence-corrected chi connectivity index (χ1v) is 9.72. The van der Waals surface area contributed by atoms with Gasteiger partial charge in [-0.3, -0.25) is 0 Å². The molecule has 0 atom stereocenters. The predicted molar refractivity (Wildman–Crippen MR) is 96.2 cm³/mol. The van der Waals surface area contributed by atoms with Crippen LogP contribution in [0.2, 0.25) is 0 Å². The van der Waals surface area contributed by atoms with Crippen LogP contribution in [0, 0.1) is 23.7 Å². The van der Waals surface area contributed by atoms with Crippen molar-refractivity contribution in [2.75, 3.05) is 11.4 Å². The van der Waals surface area contributed by atoms with Crippen molar-refractivity contribution >= 4 is 5.69 Å². The average Bonchev–Trinajstić information content (AvgIpc) is 2.99. The van der Waals surface area contributed by atoms with Crippen LogP contribution in [0.5, 0.6) is 5.75 Å². The molecule has 1 spiro atoms. The normalized spacial score (nSPS) is 41.1. The minimum atomic E-state index is 0.145. The van der Waals surface area contributed by atoms with Crippen molar-refractivity contribution in [3.8, 4) is 5.75 Å². The van der Waals surface area contributed by atoms with Crippen LogP contribution in [0.4, 0.5) is 5.69 Å². The molecular weight excluding hydrogens is 294 g/mol. The molecule has 1 aromatic rings. The maximum Gasteiger partial charge on any atom is 0.123 e. The van der Waals surface area contributed by atoms with E-state index in [1.54, 1.807) is 0 Å². The van der Waals surface area contributed by atoms with Gasteiger partial charge in [-0.05, 0) is 80.1 Å². The second-order valence-corrected chi connectivity index (χ2v) is 8.75. The second kappa shape index (κ2) is 4.68. The minimum Gasteiger partial charge on any atom is -0.486 e. The van der Waals surface area contributed by atoms with Gasteiger partial charge in [0.05, 0.1) is 0 Å². The molecule has 1 aromatic carbocycles. The van der Waals surface area contributed by atoms with E-state index in [0.29, 0.717) is 0 Å². The van der Waals surface area contributed by atoms with Crippen LogP contribution in [-0.4, -0.2) is 12.1 Å². The van der Waals surface area contributed by atoms with E-state index >= 15 is 0 Å². The predicted octanol–water partition coefficient (Wildman–Crippen LogP) is 4.71. The number of hydrogen-bond acceptors (Lipinski definition) is 2. The largest absolute Gasteiger partial charge is 0.486 e. The molecule has 0 amide bonds. The lowest BCUT2D eigenvalue weighted by atomic mass is 9.49. The fourth-order valence-corrected chi connectivity index (χ4v) is 6.62. The van der Waals surface area contributed by atoms with Gasteiger partial charge in [0.2, 0.25) is 0 Å². The van der Waals surface area contributed by atoms with Gasteiger partial charge in [-0.15, -0.1) is 0 Å². The van der Waals surface area contributed by atoms with Crippen molar-refractivity contribution in [2.24, 2.45) is 23.7 Å². The summed E-state index contributed by atoms with van der Waals surface area (Å²) in [7, 11) is 0. The van der Waals surface area contributed by atoms with Gasteiger partial charge in [-0.25, -0.2) is 0 Å². The summed E-state index contributed by atoms with van der Waals surface area (Å²) in [6.45, 7) is 0.968. The summed E-state index contributed by atoms with van der Waals surface area (Å²) < 4.78 is 6.76. The van der Waals surface area contributed by atoms with Gasteiger partial charge in [0, 0.05) is 30.4 Å². The fourth-order valence-electron chi connectivity index (χ4n) is 6.62. The third-order valence-electron chi connectivity index (χ3n) is 7.48. The van der Waals surface area contributed by atoms with Crippen molar-refractivity contribution in [3.05, 3.63) is 48.2 Å². The molecule has 6 aliphatic rings. The highest BCUT2D eigenvalue weighted by molar-refractivity contribution is 5.58. The van der Waals surface area contributed by atoms with Crippen LogP contribution < -0.4 is 9.64 Å². The summed E-state index contributed by atoms with van der Waals surface area (Å²) in [6.07, 6.45) is 17.0. The van der Waals surface area contributed by atoms with Crippen molar-refractivity contribution in [1.82, 2.24) is 0 Å². The lowest BCUT2D eigenvalue weighted by Crippen LogP contribution is -2.60. The molecule has 124 valence electrons. The zero-order chi connectivity index (χ0) is 15.7. The highest BCUT2D eigenvalue weighted by Crippen LogP contribution is 2.62. The maximum absolute atomic E-state index is 6.76. The Labute approximate surface area is 144 Å². The first kappa shape index (κ1) is 13.6. The van der Waals surface area contributed by atoms with E-state index in [1.165, 1.54) is 49.1 Å². The van der Waals surface area contributed by atoms with Gasteiger partial charge in [-0.2, -0.15) is 0 Å². The average molecular weight is 319 g/mol. The van der Waals surface area contributed by atoms with E-state index in [4.69, 9.17) is 4.74 Å². The molecule has 0 aromatic heterocycles. The standard InChI is InChI=1S/C22H25NO/c1-2-6-23(7-3-1)20-4-5-21-17(13-20)14-22(24-21)18-9-15-8-16(11-18)12-19(22)10-15/h1-6,13,15-16,18-19H,7-12,14H2. The van der Waals surface area contributed by atoms with Crippen LogP contribution in [0.1, 0.15) is 37.7 Å². The molecule has 24 heavy (non-hydrogen) atoms. The zero-order valence-corrected chi connectivity index (χ0v) is 14.2. The Bertz CT molecular complexity index is 718. The quantitative estimate of drug-likeness (QED) is 0.743. The summed E-state index contributed by atoms with van der Waals surface area (Å²) in [6, 6.07) is 6.85. The van der Waals surface area contributed by atoms with Crippen LogP contribution in [0.25, 0.3) is 0 Å². The van der Waals surface area contributed by atoms with Crippen LogP contribution in [0.3, 0.4) is 0 Å². The first-order chi connectivity index (χ1) is 11.8. The van der Waals surface area contributed by atoms with Gasteiger partial charge in [-0.1, -0.05) is 12.2 Å². The molecule has 0 radical (unpaired) electrons. The van der Waals surface area contributed by atoms with Gasteiger partial charge >= 0.3 is 0 Å². The molecule has 0 saturated heterocycles. The monoisotopic (exact) mass is 319 g/mol. The van der Waals surface area contributed by atoms with Crippen LogP contribution in [0.15, 0.2) is 42.6 Å². The minimum absolute atomic E-state index is 0.145. The molecule has 7 rings (SSSR count). The topological polar surface area (TPSA) is 12.5 Å². The molecular formula is C22H25NO. The highest BCUT2D eigenvalue weighted by atomic mass is 16.5. The van der Waals surface area contributed by atoms with Crippen LogP contribution in [-0.2, 0) is 6.42 Å². The summed E-state index contributed by atoms with van der Waals surface area (Å²) >= 11 is 0. The molecule has 4 saturated carbocycles. The number of ether oxygens (including phenoxy) is 1. The van der Waals surface area contributed by atoms with E-state index < -0.39 is 0 Å². The molecule has 4 aliphatic carbocycles. The highest BCUT2D eigenvalue weighted by Gasteiger charge is 2.60. The van der Waals surface area contributed by atoms with E-state index in [0.717, 1.165) is 36.6 Å². The molecule has 2 heterocycles. The van der Waals surface area contributed by atoms with Crippen molar-refractivity contribution < 1.29 is 4.74 Å². The Morgan fingerprint density at radius 1 is 0.958 bits per heavy atom. The lowest BCUT2D eigenvalue weighted by Gasteiger charge is -2.59. The van der Waals surface area contributed by atoms with Crippen molar-refractivity contribution in [1.29, 1.82) is 0 Å². The van der Waals surface area contributed by atoms with Crippen molar-refractivity contribution in [3.63, 3.8) is 0 Å². The summed E-state index contributed by atoms with van der Waals surface area (Å²) in [4.78, 5) is 2.32. The summed E-state index contributed by atoms with van der Waals surface area (Å²) in [5.74, 6) is 4.80. The molecule has 2 nitrogen and oxygen atoms in total. The number of fused-ring (bicyclic) bond motifs is 1. The number of allylic oxidation sites excluding steroid dienone is 2. The second-order valence-electron chi connectivity index (χ2n) is 8.75. The number of anilines is 1. The molecule has 0 unspecified atom stereocenters. The molecule has 0 N–H and O–H groups in total. The van der Waals surface area contributed by atoms with E-state index in [1.807, 2.05) is 0 Å². The first-order valence-electron chi connectivity index (χ1n) is 9.72. The van der Waals surface area contributed by atoms with Crippen LogP contribution >= 0.6 is 0 Å². The molecule has 2 aliphatic heterocycles. The van der Waals surface area contributed by atoms with Gasteiger partial charge < -0.3 is 9.64 Å². The Kier molecular flexibility index (Phi) is 2.65. The third kappa shape index (κ3) is 1.77. The van der Waals surface area contributed by atoms with Gasteiger partial charge in [0.1, 0.15) is 11.4 Å². The van der Waals surface area contributed by atoms with E-state index in [-0.39, 0.29) is 5.60 Å². The zero-order valence-electron chi connectivity index (χ0n) is 14.2. The Morgan fingerprint density at radius 2 is 1.75 bits per heavy atom. The third-order valence-corrected chi connectivity index (χ3v) is 7.48. The number of benzene rings is 1. The molecule has 4 bridgehead atoms. The Hall–Kier alpha value is -1.70. The van der Waals surface area contributed by atoms with E-state index in [9.17, 15) is 0 Å². The summed E-state index contributed by atoms with van der Waals surface area (Å²) in [5.41, 5.74) is 2.90. The summed E-state index contributed by atoms with van der Waals surface area (Å²) in [5, 5.41) is 0. The van der Waals surface area contributed by atoms with Crippen molar-refractivity contribution in [2.45, 2.75) is 44.1 Å². The Balaban J connectivity index is 1.33. The Morgan fingerprint density at radius 3 is 2.46 bits per heavy atom. The SMILES string of the molecule is C1=CCN(c2ccc3c(c2)CC2(O3)C3CC4CC(C3)CC2C4)C=C1. The molecule has 2 heteroatoms. The number of nitrogens with zero attached hydrogens (tertiary/aromatic N) is 1. The van der Waals surface area contributed by atoms with E-state index in [2.05, 4.69) is 47.5 Å². The van der Waals surface area contributed by atoms with Gasteiger partial charge in [0.25, 0.3) is 0 Å². The molecule has 4 fully saturated rings. The number of hydrogen-bond donors (Lipinski definition) is 0. The maximum atomic E-state index is 6.76. The number of rotatable bonds is 1. The van der Waals surface area contributed by atoms with Gasteiger partial charge in [0.15, 0.2) is 0 Å². The fraction of sp³-hybridized carbons (Fsp3) is 0.545. The lowest BCUT2D eigenvalue weighted by molar-refractivity contribution is -0.145.